The highest BCUT2D eigenvalue weighted by Crippen LogP contribution is 1.83. The van der Waals surface area contributed by atoms with E-state index in [0.717, 1.165) is 0 Å². The Kier molecular flexibility index (Phi) is 11.5. The molecule has 3 N–H and O–H groups in total. The molecule has 0 aliphatic rings. The van der Waals surface area contributed by atoms with Gasteiger partial charge in [0.25, 0.3) is 10.1 Å². The fourth-order valence-electron chi connectivity index (χ4n) is 0.266. The predicted octanol–water partition coefficient (Wildman–Crippen LogP) is 0.495. The maximum atomic E-state index is 9.89. The van der Waals surface area contributed by atoms with Crippen LogP contribution in [0.3, 0.4) is 0 Å². The maximum absolute atomic E-state index is 9.89. The largest absolute Gasteiger partial charge is 0.330 e. The number of hydrogen-bond donors (Lipinski definition) is 2. The summed E-state index contributed by atoms with van der Waals surface area (Å²) in [4.78, 5) is 0. The van der Waals surface area contributed by atoms with Crippen LogP contribution in [0.4, 0.5) is 0 Å². The Labute approximate surface area is 63.2 Å². The van der Waals surface area contributed by atoms with E-state index >= 15 is 0 Å². The highest BCUT2D eigenvalue weighted by atomic mass is 32.2. The van der Waals surface area contributed by atoms with Gasteiger partial charge in [-0.3, -0.25) is 4.55 Å². The average molecular weight is 171 g/mol. The third-order valence-corrected chi connectivity index (χ3v) is 1.41. The minimum absolute atomic E-state index is 0. The van der Waals surface area contributed by atoms with Crippen molar-refractivity contribution < 1.29 is 13.0 Å². The molecule has 4 nitrogen and oxygen atoms in total. The van der Waals surface area contributed by atoms with Crippen LogP contribution in [0.25, 0.3) is 0 Å². The monoisotopic (exact) mass is 171 g/mol. The second-order valence-corrected chi connectivity index (χ2v) is 3.00. The van der Waals surface area contributed by atoms with E-state index in [1.54, 1.807) is 0 Å². The third-order valence-electron chi connectivity index (χ3n) is 0.606. The van der Waals surface area contributed by atoms with Gasteiger partial charge >= 0.3 is 0 Å². The van der Waals surface area contributed by atoms with E-state index in [-0.39, 0.29) is 20.6 Å². The molecule has 0 aromatic heterocycles. The van der Waals surface area contributed by atoms with Gasteiger partial charge in [-0.1, -0.05) is 14.9 Å². The van der Waals surface area contributed by atoms with Crippen LogP contribution in [0.15, 0.2) is 0 Å². The summed E-state index contributed by atoms with van der Waals surface area (Å²) in [7, 11) is -3.77. The molecule has 0 aliphatic carbocycles. The fourth-order valence-corrected chi connectivity index (χ4v) is 0.797. The van der Waals surface area contributed by atoms with Crippen molar-refractivity contribution in [2.45, 2.75) is 21.3 Å². The minimum atomic E-state index is -3.77. The molecular formula is C5H17NO3S. The molecule has 0 aliphatic heterocycles. The summed E-state index contributed by atoms with van der Waals surface area (Å²) in [6, 6.07) is 0. The summed E-state index contributed by atoms with van der Waals surface area (Å²) in [6.45, 7) is 0.291. The maximum Gasteiger partial charge on any atom is 0.264 e. The lowest BCUT2D eigenvalue weighted by Crippen LogP contribution is -2.09. The normalized spacial score (nSPS) is 9.40. The molecule has 0 amide bonds. The summed E-state index contributed by atoms with van der Waals surface area (Å²) in [5.74, 6) is -0.233. The zero-order valence-corrected chi connectivity index (χ0v) is 5.19. The first-order valence-electron chi connectivity index (χ1n) is 2.21. The summed E-state index contributed by atoms with van der Waals surface area (Å²) >= 11 is 0. The Morgan fingerprint density at radius 3 is 1.80 bits per heavy atom. The van der Waals surface area contributed by atoms with E-state index in [4.69, 9.17) is 10.3 Å². The van der Waals surface area contributed by atoms with E-state index in [2.05, 4.69) is 0 Å². The van der Waals surface area contributed by atoms with Gasteiger partial charge in [-0.2, -0.15) is 8.42 Å². The molecule has 0 spiro atoms. The zero-order chi connectivity index (χ0) is 6.62. The Morgan fingerprint density at radius 1 is 1.30 bits per heavy atom. The minimum Gasteiger partial charge on any atom is -0.330 e. The molecule has 0 radical (unpaired) electrons. The molecule has 0 atom stereocenters. The molecule has 10 heavy (non-hydrogen) atoms. The molecule has 0 heterocycles. The average Bonchev–Trinajstić information content (AvgIpc) is 1.59. The van der Waals surface area contributed by atoms with E-state index in [1.165, 1.54) is 0 Å². The van der Waals surface area contributed by atoms with Gasteiger partial charge in [0.05, 0.1) is 5.75 Å². The van der Waals surface area contributed by atoms with Crippen molar-refractivity contribution in [3.05, 3.63) is 0 Å². The standard InChI is InChI=1S/C3H9NO3S.2CH4/c4-2-1-3-8(5,6)7;;/h1-4H2,(H,5,6,7);2*1H4. The van der Waals surface area contributed by atoms with Crippen molar-refractivity contribution in [2.24, 2.45) is 5.73 Å². The quantitative estimate of drug-likeness (QED) is 0.606. The van der Waals surface area contributed by atoms with Crippen molar-refractivity contribution in [3.8, 4) is 0 Å². The molecule has 66 valence electrons. The second kappa shape index (κ2) is 6.98. The zero-order valence-electron chi connectivity index (χ0n) is 4.37. The number of hydrogen-bond acceptors (Lipinski definition) is 3. The number of nitrogens with two attached hydrogens (primary N) is 1. The topological polar surface area (TPSA) is 80.4 Å². The van der Waals surface area contributed by atoms with Crippen LogP contribution in [-0.2, 0) is 10.1 Å². The molecule has 5 heteroatoms. The van der Waals surface area contributed by atoms with Gasteiger partial charge in [-0.15, -0.1) is 0 Å². The SMILES string of the molecule is C.C.NCCCS(=O)(=O)O. The Hall–Kier alpha value is -0.130. The van der Waals surface area contributed by atoms with E-state index in [9.17, 15) is 8.42 Å². The van der Waals surface area contributed by atoms with Crippen molar-refractivity contribution in [1.82, 2.24) is 0 Å². The van der Waals surface area contributed by atoms with E-state index in [1.807, 2.05) is 0 Å². The first-order chi connectivity index (χ1) is 3.56. The van der Waals surface area contributed by atoms with Gasteiger partial charge in [0, 0.05) is 0 Å². The molecule has 0 fully saturated rings. The van der Waals surface area contributed by atoms with Crippen LogP contribution in [0, 0.1) is 0 Å². The second-order valence-electron chi connectivity index (χ2n) is 1.43. The van der Waals surface area contributed by atoms with Gasteiger partial charge < -0.3 is 5.73 Å². The van der Waals surface area contributed by atoms with Gasteiger partial charge in [0.15, 0.2) is 0 Å². The summed E-state index contributed by atoms with van der Waals surface area (Å²) in [5.41, 5.74) is 4.96. The van der Waals surface area contributed by atoms with Crippen LogP contribution in [0.5, 0.6) is 0 Å². The van der Waals surface area contributed by atoms with Gasteiger partial charge in [0.2, 0.25) is 0 Å². The highest BCUT2D eigenvalue weighted by Gasteiger charge is 2.00. The lowest BCUT2D eigenvalue weighted by atomic mass is 10.5. The van der Waals surface area contributed by atoms with Crippen molar-refractivity contribution in [1.29, 1.82) is 0 Å². The van der Waals surface area contributed by atoms with E-state index in [0.29, 0.717) is 13.0 Å². The lowest BCUT2D eigenvalue weighted by molar-refractivity contribution is 0.481. The molecule has 0 aromatic carbocycles. The summed E-state index contributed by atoms with van der Waals surface area (Å²) in [6.07, 6.45) is 0.318. The molecule has 0 aromatic rings. The molecule has 0 saturated heterocycles. The van der Waals surface area contributed by atoms with Crippen LogP contribution in [0.1, 0.15) is 21.3 Å². The van der Waals surface area contributed by atoms with Crippen molar-refractivity contribution in [2.75, 3.05) is 12.3 Å². The van der Waals surface area contributed by atoms with Gasteiger partial charge in [-0.05, 0) is 13.0 Å². The summed E-state index contributed by atoms with van der Waals surface area (Å²) < 4.78 is 27.8. The predicted molar refractivity (Wildman–Crippen MR) is 43.5 cm³/mol. The van der Waals surface area contributed by atoms with Crippen LogP contribution in [0.2, 0.25) is 0 Å². The van der Waals surface area contributed by atoms with Crippen molar-refractivity contribution in [3.63, 3.8) is 0 Å². The first kappa shape index (κ1) is 16.5. The van der Waals surface area contributed by atoms with Crippen LogP contribution >= 0.6 is 0 Å². The molecule has 0 rings (SSSR count). The fraction of sp³-hybridized carbons (Fsp3) is 1.00. The Bertz CT molecular complexity index is 141. The van der Waals surface area contributed by atoms with Gasteiger partial charge in [-0.25, -0.2) is 0 Å². The van der Waals surface area contributed by atoms with Crippen molar-refractivity contribution >= 4 is 10.1 Å². The lowest BCUT2D eigenvalue weighted by Gasteiger charge is -1.90. The number of rotatable bonds is 3. The van der Waals surface area contributed by atoms with Crippen LogP contribution in [-0.4, -0.2) is 25.3 Å². The van der Waals surface area contributed by atoms with Crippen LogP contribution < -0.4 is 5.73 Å². The smallest absolute Gasteiger partial charge is 0.264 e. The summed E-state index contributed by atoms with van der Waals surface area (Å²) in [5, 5.41) is 0. The molecular weight excluding hydrogens is 154 g/mol. The molecule has 0 saturated carbocycles. The Balaban J connectivity index is -0.000000245. The van der Waals surface area contributed by atoms with E-state index < -0.39 is 10.1 Å². The highest BCUT2D eigenvalue weighted by molar-refractivity contribution is 7.85. The molecule has 0 bridgehead atoms. The first-order valence-corrected chi connectivity index (χ1v) is 3.82. The molecule has 0 unspecified atom stereocenters. The van der Waals surface area contributed by atoms with Gasteiger partial charge in [0.1, 0.15) is 0 Å². The third kappa shape index (κ3) is 15.7. The Morgan fingerprint density at radius 2 is 1.70 bits per heavy atom.